The van der Waals surface area contributed by atoms with Crippen LogP contribution in [-0.4, -0.2) is 16.8 Å². The summed E-state index contributed by atoms with van der Waals surface area (Å²) in [4.78, 5) is 0. The monoisotopic (exact) mass is 207 g/mol. The van der Waals surface area contributed by atoms with Gasteiger partial charge >= 0.3 is 0 Å². The maximum atomic E-state index is 4.47. The van der Waals surface area contributed by atoms with Crippen LogP contribution in [0.2, 0.25) is 0 Å². The summed E-state index contributed by atoms with van der Waals surface area (Å²) in [7, 11) is 1.98. The summed E-state index contributed by atoms with van der Waals surface area (Å²) in [5.41, 5.74) is 2.66. The minimum atomic E-state index is 0.867. The minimum absolute atomic E-state index is 0.867. The first-order valence-electron chi connectivity index (χ1n) is 5.97. The van der Waals surface area contributed by atoms with Crippen molar-refractivity contribution in [2.45, 2.75) is 45.7 Å². The average molecular weight is 207 g/mol. The largest absolute Gasteiger partial charge is 0.316 e. The molecular weight excluding hydrogens is 186 g/mol. The van der Waals surface area contributed by atoms with Gasteiger partial charge in [0.15, 0.2) is 0 Å². The van der Waals surface area contributed by atoms with Gasteiger partial charge in [-0.15, -0.1) is 0 Å². The molecule has 1 aromatic heterocycles. The first-order valence-corrected chi connectivity index (χ1v) is 5.97. The van der Waals surface area contributed by atoms with E-state index in [1.54, 1.807) is 0 Å². The van der Waals surface area contributed by atoms with Crippen LogP contribution in [0.4, 0.5) is 0 Å². The summed E-state index contributed by atoms with van der Waals surface area (Å²) in [5, 5.41) is 7.65. The Hall–Kier alpha value is -0.830. The van der Waals surface area contributed by atoms with Crippen molar-refractivity contribution in [2.24, 2.45) is 5.92 Å². The van der Waals surface area contributed by atoms with E-state index in [1.807, 2.05) is 13.2 Å². The van der Waals surface area contributed by atoms with Crippen LogP contribution in [0, 0.1) is 12.8 Å². The highest BCUT2D eigenvalue weighted by molar-refractivity contribution is 5.15. The molecule has 3 nitrogen and oxygen atoms in total. The van der Waals surface area contributed by atoms with Gasteiger partial charge in [-0.3, -0.25) is 4.68 Å². The molecule has 84 valence electrons. The molecule has 0 unspecified atom stereocenters. The first kappa shape index (κ1) is 10.7. The van der Waals surface area contributed by atoms with Crippen LogP contribution in [0.5, 0.6) is 0 Å². The molecular formula is C12H21N3. The first-order chi connectivity index (χ1) is 7.31. The molecule has 0 radical (unpaired) electrons. The molecule has 1 aromatic rings. The lowest BCUT2D eigenvalue weighted by Crippen LogP contribution is -2.11. The Morgan fingerprint density at radius 3 is 2.87 bits per heavy atom. The van der Waals surface area contributed by atoms with Crippen molar-refractivity contribution in [2.75, 3.05) is 7.05 Å². The van der Waals surface area contributed by atoms with Gasteiger partial charge in [-0.25, -0.2) is 0 Å². The SMILES string of the molecule is CNCc1cnn(CC2CCCC2)c1C. The summed E-state index contributed by atoms with van der Waals surface area (Å²) in [6.45, 7) is 4.22. The summed E-state index contributed by atoms with van der Waals surface area (Å²) in [5.74, 6) is 0.867. The van der Waals surface area contributed by atoms with Crippen molar-refractivity contribution in [3.05, 3.63) is 17.5 Å². The van der Waals surface area contributed by atoms with Crippen LogP contribution < -0.4 is 5.32 Å². The zero-order valence-electron chi connectivity index (χ0n) is 9.79. The lowest BCUT2D eigenvalue weighted by molar-refractivity contribution is 0.422. The topological polar surface area (TPSA) is 29.9 Å². The molecule has 3 heteroatoms. The second-order valence-electron chi connectivity index (χ2n) is 4.62. The summed E-state index contributed by atoms with van der Waals surface area (Å²) in [6, 6.07) is 0. The van der Waals surface area contributed by atoms with E-state index in [4.69, 9.17) is 0 Å². The van der Waals surface area contributed by atoms with Gasteiger partial charge < -0.3 is 5.32 Å². The van der Waals surface area contributed by atoms with Gasteiger partial charge in [0.05, 0.1) is 6.20 Å². The van der Waals surface area contributed by atoms with E-state index in [-0.39, 0.29) is 0 Å². The predicted octanol–water partition coefficient (Wildman–Crippen LogP) is 2.10. The van der Waals surface area contributed by atoms with E-state index in [0.717, 1.165) is 19.0 Å². The highest BCUT2D eigenvalue weighted by Gasteiger charge is 2.17. The van der Waals surface area contributed by atoms with Gasteiger partial charge in [0, 0.05) is 24.3 Å². The maximum Gasteiger partial charge on any atom is 0.0537 e. The number of hydrogen-bond acceptors (Lipinski definition) is 2. The predicted molar refractivity (Wildman–Crippen MR) is 61.7 cm³/mol. The molecule has 0 bridgehead atoms. The Labute approximate surface area is 91.9 Å². The molecule has 1 fully saturated rings. The van der Waals surface area contributed by atoms with E-state index in [1.165, 1.54) is 36.9 Å². The average Bonchev–Trinajstić information content (AvgIpc) is 2.83. The smallest absolute Gasteiger partial charge is 0.0537 e. The summed E-state index contributed by atoms with van der Waals surface area (Å²) >= 11 is 0. The molecule has 1 saturated carbocycles. The van der Waals surface area contributed by atoms with Crippen molar-refractivity contribution in [1.29, 1.82) is 0 Å². The van der Waals surface area contributed by atoms with Gasteiger partial charge in [0.1, 0.15) is 0 Å². The summed E-state index contributed by atoms with van der Waals surface area (Å²) in [6.07, 6.45) is 7.60. The fourth-order valence-corrected chi connectivity index (χ4v) is 2.47. The molecule has 0 aromatic carbocycles. The molecule has 0 atom stereocenters. The molecule has 1 N–H and O–H groups in total. The molecule has 1 aliphatic rings. The fraction of sp³-hybridized carbons (Fsp3) is 0.750. The van der Waals surface area contributed by atoms with E-state index < -0.39 is 0 Å². The molecule has 0 amide bonds. The lowest BCUT2D eigenvalue weighted by atomic mass is 10.1. The minimum Gasteiger partial charge on any atom is -0.316 e. The van der Waals surface area contributed by atoms with Gasteiger partial charge in [-0.2, -0.15) is 5.10 Å². The van der Waals surface area contributed by atoms with Crippen molar-refractivity contribution in [3.8, 4) is 0 Å². The maximum absolute atomic E-state index is 4.47. The number of rotatable bonds is 4. The third kappa shape index (κ3) is 2.40. The Morgan fingerprint density at radius 2 is 2.20 bits per heavy atom. The quantitative estimate of drug-likeness (QED) is 0.819. The lowest BCUT2D eigenvalue weighted by Gasteiger charge is -2.11. The zero-order valence-corrected chi connectivity index (χ0v) is 9.79. The molecule has 1 aliphatic carbocycles. The van der Waals surface area contributed by atoms with Crippen LogP contribution in [0.3, 0.4) is 0 Å². The second-order valence-corrected chi connectivity index (χ2v) is 4.62. The second kappa shape index (κ2) is 4.79. The van der Waals surface area contributed by atoms with E-state index in [2.05, 4.69) is 22.0 Å². The summed E-state index contributed by atoms with van der Waals surface area (Å²) < 4.78 is 2.18. The zero-order chi connectivity index (χ0) is 10.7. The van der Waals surface area contributed by atoms with Crippen molar-refractivity contribution >= 4 is 0 Å². The fourth-order valence-electron chi connectivity index (χ4n) is 2.47. The van der Waals surface area contributed by atoms with Crippen LogP contribution in [-0.2, 0) is 13.1 Å². The van der Waals surface area contributed by atoms with Crippen LogP contribution >= 0.6 is 0 Å². The number of nitrogens with one attached hydrogen (secondary N) is 1. The molecule has 0 saturated heterocycles. The van der Waals surface area contributed by atoms with Gasteiger partial charge in [-0.05, 0) is 32.7 Å². The van der Waals surface area contributed by atoms with Gasteiger partial charge in [0.25, 0.3) is 0 Å². The number of hydrogen-bond donors (Lipinski definition) is 1. The number of nitrogens with zero attached hydrogens (tertiary/aromatic N) is 2. The Morgan fingerprint density at radius 1 is 1.47 bits per heavy atom. The Balaban J connectivity index is 2.01. The highest BCUT2D eigenvalue weighted by Crippen LogP contribution is 2.26. The Kier molecular flexibility index (Phi) is 3.41. The van der Waals surface area contributed by atoms with E-state index in [0.29, 0.717) is 0 Å². The van der Waals surface area contributed by atoms with Crippen LogP contribution in [0.1, 0.15) is 36.9 Å². The van der Waals surface area contributed by atoms with Gasteiger partial charge in [-0.1, -0.05) is 12.8 Å². The normalized spacial score (nSPS) is 17.5. The highest BCUT2D eigenvalue weighted by atomic mass is 15.3. The third-order valence-corrected chi connectivity index (χ3v) is 3.48. The van der Waals surface area contributed by atoms with Crippen LogP contribution in [0.25, 0.3) is 0 Å². The molecule has 1 heterocycles. The standard InChI is InChI=1S/C12H21N3/c1-10-12(7-13-2)8-14-15(10)9-11-5-3-4-6-11/h8,11,13H,3-7,9H2,1-2H3. The van der Waals surface area contributed by atoms with Crippen molar-refractivity contribution < 1.29 is 0 Å². The third-order valence-electron chi connectivity index (χ3n) is 3.48. The number of aromatic nitrogens is 2. The van der Waals surface area contributed by atoms with E-state index >= 15 is 0 Å². The Bertz CT molecular complexity index is 311. The van der Waals surface area contributed by atoms with E-state index in [9.17, 15) is 0 Å². The van der Waals surface area contributed by atoms with Crippen molar-refractivity contribution in [3.63, 3.8) is 0 Å². The molecule has 0 spiro atoms. The van der Waals surface area contributed by atoms with Crippen LogP contribution in [0.15, 0.2) is 6.20 Å². The molecule has 2 rings (SSSR count). The van der Waals surface area contributed by atoms with Crippen molar-refractivity contribution in [1.82, 2.24) is 15.1 Å². The molecule has 0 aliphatic heterocycles. The van der Waals surface area contributed by atoms with Gasteiger partial charge in [0.2, 0.25) is 0 Å². The molecule has 15 heavy (non-hydrogen) atoms.